The average molecular weight is 142 g/mol. The summed E-state index contributed by atoms with van der Waals surface area (Å²) in [6.07, 6.45) is 6.53. The van der Waals surface area contributed by atoms with Crippen molar-refractivity contribution in [2.75, 3.05) is 6.61 Å². The van der Waals surface area contributed by atoms with Crippen molar-refractivity contribution in [3.8, 4) is 0 Å². The van der Waals surface area contributed by atoms with Crippen molar-refractivity contribution in [3.63, 3.8) is 0 Å². The van der Waals surface area contributed by atoms with E-state index in [1.807, 2.05) is 13.0 Å². The van der Waals surface area contributed by atoms with Gasteiger partial charge in [0.05, 0.1) is 12.9 Å². The van der Waals surface area contributed by atoms with Crippen LogP contribution in [0.25, 0.3) is 0 Å². The molecule has 1 atom stereocenters. The van der Waals surface area contributed by atoms with Crippen molar-refractivity contribution in [3.05, 3.63) is 12.3 Å². The zero-order valence-corrected chi connectivity index (χ0v) is 6.34. The molecule has 1 aliphatic heterocycles. The third-order valence-corrected chi connectivity index (χ3v) is 2.11. The molecular weight excluding hydrogens is 128 g/mol. The number of hydrogen-bond acceptors (Lipinski definition) is 2. The fourth-order valence-corrected chi connectivity index (χ4v) is 1.15. The molecule has 1 unspecified atom stereocenters. The summed E-state index contributed by atoms with van der Waals surface area (Å²) in [5.74, 6) is 0. The lowest BCUT2D eigenvalue weighted by Crippen LogP contribution is -2.35. The fraction of sp³-hybridized carbons (Fsp3) is 0.750. The molecule has 0 aliphatic carbocycles. The van der Waals surface area contributed by atoms with E-state index >= 15 is 0 Å². The van der Waals surface area contributed by atoms with Gasteiger partial charge in [-0.1, -0.05) is 6.92 Å². The SMILES string of the molecule is CCC1(CO)CCC=CO1. The van der Waals surface area contributed by atoms with Crippen LogP contribution in [0.3, 0.4) is 0 Å². The second kappa shape index (κ2) is 3.06. The molecule has 0 aromatic carbocycles. The van der Waals surface area contributed by atoms with Crippen LogP contribution >= 0.6 is 0 Å². The molecule has 2 heteroatoms. The normalized spacial score (nSPS) is 31.8. The van der Waals surface area contributed by atoms with Gasteiger partial charge in [0.15, 0.2) is 0 Å². The molecule has 0 saturated heterocycles. The average Bonchev–Trinajstić information content (AvgIpc) is 2.06. The van der Waals surface area contributed by atoms with Gasteiger partial charge in [0.2, 0.25) is 0 Å². The summed E-state index contributed by atoms with van der Waals surface area (Å²) in [5, 5.41) is 8.98. The summed E-state index contributed by atoms with van der Waals surface area (Å²) in [5.41, 5.74) is -0.269. The van der Waals surface area contributed by atoms with Crippen LogP contribution in [0.15, 0.2) is 12.3 Å². The van der Waals surface area contributed by atoms with Gasteiger partial charge in [0, 0.05) is 0 Å². The van der Waals surface area contributed by atoms with Gasteiger partial charge in [-0.25, -0.2) is 0 Å². The summed E-state index contributed by atoms with van der Waals surface area (Å²) in [6, 6.07) is 0. The molecule has 0 fully saturated rings. The van der Waals surface area contributed by atoms with E-state index in [9.17, 15) is 0 Å². The van der Waals surface area contributed by atoms with E-state index in [4.69, 9.17) is 9.84 Å². The Morgan fingerprint density at radius 3 is 2.80 bits per heavy atom. The molecule has 2 nitrogen and oxygen atoms in total. The number of aliphatic hydroxyl groups is 1. The molecule has 1 rings (SSSR count). The Balaban J connectivity index is 2.55. The summed E-state index contributed by atoms with van der Waals surface area (Å²) in [4.78, 5) is 0. The molecule has 58 valence electrons. The van der Waals surface area contributed by atoms with Gasteiger partial charge in [0.25, 0.3) is 0 Å². The zero-order chi connectivity index (χ0) is 7.45. The van der Waals surface area contributed by atoms with Crippen molar-refractivity contribution < 1.29 is 9.84 Å². The smallest absolute Gasteiger partial charge is 0.131 e. The van der Waals surface area contributed by atoms with Crippen molar-refractivity contribution in [1.82, 2.24) is 0 Å². The quantitative estimate of drug-likeness (QED) is 0.632. The molecule has 10 heavy (non-hydrogen) atoms. The van der Waals surface area contributed by atoms with Crippen LogP contribution in [-0.4, -0.2) is 17.3 Å². The zero-order valence-electron chi connectivity index (χ0n) is 6.34. The molecule has 0 saturated carbocycles. The number of rotatable bonds is 2. The predicted molar refractivity (Wildman–Crippen MR) is 39.6 cm³/mol. The molecule has 1 N–H and O–H groups in total. The Labute approximate surface area is 61.5 Å². The van der Waals surface area contributed by atoms with E-state index in [-0.39, 0.29) is 12.2 Å². The van der Waals surface area contributed by atoms with E-state index in [0.29, 0.717) is 0 Å². The summed E-state index contributed by atoms with van der Waals surface area (Å²) in [6.45, 7) is 2.17. The molecule has 0 spiro atoms. The second-order valence-electron chi connectivity index (χ2n) is 2.72. The predicted octanol–water partition coefficient (Wildman–Crippen LogP) is 1.45. The van der Waals surface area contributed by atoms with Crippen LogP contribution in [0.2, 0.25) is 0 Å². The van der Waals surface area contributed by atoms with Gasteiger partial charge in [-0.2, -0.15) is 0 Å². The van der Waals surface area contributed by atoms with Crippen molar-refractivity contribution in [2.45, 2.75) is 31.8 Å². The van der Waals surface area contributed by atoms with Crippen LogP contribution in [0.1, 0.15) is 26.2 Å². The maximum Gasteiger partial charge on any atom is 0.131 e. The summed E-state index contributed by atoms with van der Waals surface area (Å²) < 4.78 is 5.33. The van der Waals surface area contributed by atoms with Gasteiger partial charge >= 0.3 is 0 Å². The number of allylic oxidation sites excluding steroid dienone is 1. The first kappa shape index (κ1) is 7.61. The van der Waals surface area contributed by atoms with Crippen LogP contribution in [0.5, 0.6) is 0 Å². The van der Waals surface area contributed by atoms with Crippen molar-refractivity contribution >= 4 is 0 Å². The van der Waals surface area contributed by atoms with Crippen LogP contribution in [-0.2, 0) is 4.74 Å². The maximum absolute atomic E-state index is 8.98. The Hall–Kier alpha value is -0.500. The van der Waals surface area contributed by atoms with E-state index in [2.05, 4.69) is 0 Å². The van der Waals surface area contributed by atoms with Crippen LogP contribution < -0.4 is 0 Å². The van der Waals surface area contributed by atoms with Gasteiger partial charge in [-0.3, -0.25) is 0 Å². The standard InChI is InChI=1S/C8H14O2/c1-2-8(7-9)5-3-4-6-10-8/h4,6,9H,2-3,5,7H2,1H3. The Kier molecular flexibility index (Phi) is 2.33. The third-order valence-electron chi connectivity index (χ3n) is 2.11. The van der Waals surface area contributed by atoms with Gasteiger partial charge in [-0.05, 0) is 25.3 Å². The van der Waals surface area contributed by atoms with E-state index in [1.165, 1.54) is 0 Å². The van der Waals surface area contributed by atoms with Gasteiger partial charge < -0.3 is 9.84 Å². The Bertz CT molecular complexity index is 125. The molecule has 1 heterocycles. The van der Waals surface area contributed by atoms with Crippen LogP contribution in [0, 0.1) is 0 Å². The molecule has 0 aromatic rings. The molecule has 0 aromatic heterocycles. The first-order chi connectivity index (χ1) is 4.83. The molecular formula is C8H14O2. The Morgan fingerprint density at radius 2 is 2.50 bits per heavy atom. The minimum Gasteiger partial charge on any atom is -0.493 e. The topological polar surface area (TPSA) is 29.5 Å². The van der Waals surface area contributed by atoms with E-state index in [1.54, 1.807) is 6.26 Å². The van der Waals surface area contributed by atoms with Crippen molar-refractivity contribution in [1.29, 1.82) is 0 Å². The third kappa shape index (κ3) is 1.32. The summed E-state index contributed by atoms with van der Waals surface area (Å²) >= 11 is 0. The maximum atomic E-state index is 8.98. The summed E-state index contributed by atoms with van der Waals surface area (Å²) in [7, 11) is 0. The lowest BCUT2D eigenvalue weighted by molar-refractivity contribution is -0.0431. The highest BCUT2D eigenvalue weighted by molar-refractivity contribution is 4.91. The number of ether oxygens (including phenoxy) is 1. The number of aliphatic hydroxyl groups excluding tert-OH is 1. The lowest BCUT2D eigenvalue weighted by atomic mass is 9.94. The fourth-order valence-electron chi connectivity index (χ4n) is 1.15. The molecule has 0 amide bonds. The highest BCUT2D eigenvalue weighted by Crippen LogP contribution is 2.25. The monoisotopic (exact) mass is 142 g/mol. The van der Waals surface area contributed by atoms with Crippen LogP contribution in [0.4, 0.5) is 0 Å². The van der Waals surface area contributed by atoms with Gasteiger partial charge in [-0.15, -0.1) is 0 Å². The highest BCUT2D eigenvalue weighted by atomic mass is 16.5. The van der Waals surface area contributed by atoms with E-state index < -0.39 is 0 Å². The minimum absolute atomic E-state index is 0.133. The largest absolute Gasteiger partial charge is 0.493 e. The second-order valence-corrected chi connectivity index (χ2v) is 2.72. The first-order valence-corrected chi connectivity index (χ1v) is 3.77. The number of hydrogen-bond donors (Lipinski definition) is 1. The first-order valence-electron chi connectivity index (χ1n) is 3.77. The van der Waals surface area contributed by atoms with E-state index in [0.717, 1.165) is 19.3 Å². The minimum atomic E-state index is -0.269. The highest BCUT2D eigenvalue weighted by Gasteiger charge is 2.28. The lowest BCUT2D eigenvalue weighted by Gasteiger charge is -2.32. The Morgan fingerprint density at radius 1 is 1.70 bits per heavy atom. The molecule has 0 radical (unpaired) electrons. The van der Waals surface area contributed by atoms with Crippen molar-refractivity contribution in [2.24, 2.45) is 0 Å². The van der Waals surface area contributed by atoms with Gasteiger partial charge in [0.1, 0.15) is 5.60 Å². The molecule has 1 aliphatic rings. The molecule has 0 bridgehead atoms.